The van der Waals surface area contributed by atoms with Crippen molar-refractivity contribution in [3.8, 4) is 6.07 Å². The molecule has 1 atom stereocenters. The number of nitriles is 1. The van der Waals surface area contributed by atoms with Crippen molar-refractivity contribution in [2.75, 3.05) is 26.4 Å². The van der Waals surface area contributed by atoms with E-state index >= 15 is 0 Å². The molecule has 1 rings (SSSR count). The summed E-state index contributed by atoms with van der Waals surface area (Å²) in [7, 11) is -1.31. The van der Waals surface area contributed by atoms with Gasteiger partial charge >= 0.3 is 5.97 Å². The number of hydrogen-bond donors (Lipinski definition) is 1. The van der Waals surface area contributed by atoms with Crippen molar-refractivity contribution in [2.24, 2.45) is 5.92 Å². The zero-order valence-corrected chi connectivity index (χ0v) is 12.8. The number of hydrogen-bond acceptors (Lipinski definition) is 6. The van der Waals surface area contributed by atoms with Gasteiger partial charge in [0.1, 0.15) is 11.0 Å². The first-order chi connectivity index (χ1) is 9.73. The van der Waals surface area contributed by atoms with Crippen LogP contribution >= 0.6 is 0 Å². The maximum absolute atomic E-state index is 12.5. The minimum Gasteiger partial charge on any atom is -0.469 e. The summed E-state index contributed by atoms with van der Waals surface area (Å²) >= 11 is 0. The quantitative estimate of drug-likeness (QED) is 0.628. The first-order valence-electron chi connectivity index (χ1n) is 6.07. The summed E-state index contributed by atoms with van der Waals surface area (Å²) in [5.74, 6) is -1.12. The average molecular weight is 311 g/mol. The molecular weight excluding hydrogens is 294 g/mol. The largest absolute Gasteiger partial charge is 0.469 e. The van der Waals surface area contributed by atoms with Gasteiger partial charge in [-0.15, -0.1) is 0 Å². The highest BCUT2D eigenvalue weighted by molar-refractivity contribution is 7.89. The van der Waals surface area contributed by atoms with E-state index in [4.69, 9.17) is 11.0 Å². The molecule has 1 aromatic rings. The van der Waals surface area contributed by atoms with Crippen molar-refractivity contribution in [1.82, 2.24) is 4.31 Å². The molecule has 0 saturated heterocycles. The van der Waals surface area contributed by atoms with Crippen LogP contribution in [0.3, 0.4) is 0 Å². The molecule has 1 unspecified atom stereocenters. The van der Waals surface area contributed by atoms with Crippen molar-refractivity contribution >= 4 is 21.7 Å². The van der Waals surface area contributed by atoms with E-state index < -0.39 is 21.9 Å². The summed E-state index contributed by atoms with van der Waals surface area (Å²) in [5.41, 5.74) is 5.81. The van der Waals surface area contributed by atoms with E-state index in [9.17, 15) is 13.2 Å². The molecule has 0 saturated carbocycles. The number of ether oxygens (including phenoxy) is 1. The monoisotopic (exact) mass is 311 g/mol. The van der Waals surface area contributed by atoms with Crippen LogP contribution < -0.4 is 5.73 Å². The van der Waals surface area contributed by atoms with Gasteiger partial charge in [-0.3, -0.25) is 4.79 Å². The van der Waals surface area contributed by atoms with Crippen molar-refractivity contribution in [3.63, 3.8) is 0 Å². The molecule has 0 aromatic heterocycles. The number of nitrogens with zero attached hydrogens (tertiary/aromatic N) is 2. The summed E-state index contributed by atoms with van der Waals surface area (Å²) < 4.78 is 30.5. The highest BCUT2D eigenvalue weighted by atomic mass is 32.2. The number of rotatable bonds is 5. The number of nitrogen functional groups attached to an aromatic ring is 1. The van der Waals surface area contributed by atoms with Gasteiger partial charge in [-0.2, -0.15) is 5.26 Å². The van der Waals surface area contributed by atoms with E-state index in [-0.39, 0.29) is 17.0 Å². The summed E-state index contributed by atoms with van der Waals surface area (Å²) in [5, 5.41) is 9.03. The predicted molar refractivity (Wildman–Crippen MR) is 76.6 cm³/mol. The molecule has 0 fully saturated rings. The van der Waals surface area contributed by atoms with Crippen LogP contribution in [0.15, 0.2) is 23.1 Å². The normalized spacial score (nSPS) is 12.7. The van der Waals surface area contributed by atoms with Gasteiger partial charge < -0.3 is 10.5 Å². The molecular formula is C13H17N3O4S. The summed E-state index contributed by atoms with van der Waals surface area (Å²) in [4.78, 5) is 11.2. The minimum atomic E-state index is -3.89. The van der Waals surface area contributed by atoms with Gasteiger partial charge in [-0.1, -0.05) is 6.92 Å². The molecule has 0 aliphatic carbocycles. The molecule has 0 aliphatic rings. The average Bonchev–Trinajstić information content (AvgIpc) is 2.45. The maximum atomic E-state index is 12.5. The smallest absolute Gasteiger partial charge is 0.309 e. The lowest BCUT2D eigenvalue weighted by atomic mass is 10.2. The Kier molecular flexibility index (Phi) is 5.29. The first-order valence-corrected chi connectivity index (χ1v) is 7.51. The van der Waals surface area contributed by atoms with Crippen LogP contribution in [0.2, 0.25) is 0 Å². The lowest BCUT2D eigenvalue weighted by molar-refractivity contribution is -0.144. The molecule has 21 heavy (non-hydrogen) atoms. The standard InChI is InChI=1S/C13H17N3O4S/c1-9(13(17)20-3)8-16(2)21(18,19)12-5-4-11(15)6-10(12)7-14/h4-6,9H,8,15H2,1-3H3. The lowest BCUT2D eigenvalue weighted by Gasteiger charge is -2.20. The molecule has 0 bridgehead atoms. The molecule has 1 aromatic carbocycles. The number of nitrogens with two attached hydrogens (primary N) is 1. The van der Waals surface area contributed by atoms with Gasteiger partial charge in [-0.25, -0.2) is 12.7 Å². The summed E-state index contributed by atoms with van der Waals surface area (Å²) in [6.45, 7) is 1.51. The highest BCUT2D eigenvalue weighted by Crippen LogP contribution is 2.22. The van der Waals surface area contributed by atoms with E-state index in [1.165, 1.54) is 32.4 Å². The Balaban J connectivity index is 3.12. The second-order valence-corrected chi connectivity index (χ2v) is 6.59. The lowest BCUT2D eigenvalue weighted by Crippen LogP contribution is -2.34. The van der Waals surface area contributed by atoms with Gasteiger partial charge in [0.2, 0.25) is 10.0 Å². The van der Waals surface area contributed by atoms with Crippen LogP contribution in [-0.2, 0) is 19.6 Å². The molecule has 2 N–H and O–H groups in total. The predicted octanol–water partition coefficient (Wildman–Crippen LogP) is 0.570. The van der Waals surface area contributed by atoms with E-state index in [1.54, 1.807) is 6.92 Å². The Morgan fingerprint density at radius 1 is 1.52 bits per heavy atom. The van der Waals surface area contributed by atoms with Gasteiger partial charge in [0.15, 0.2) is 0 Å². The van der Waals surface area contributed by atoms with Crippen molar-refractivity contribution in [3.05, 3.63) is 23.8 Å². The van der Waals surface area contributed by atoms with Crippen LogP contribution in [0.25, 0.3) is 0 Å². The van der Waals surface area contributed by atoms with E-state index in [0.29, 0.717) is 5.69 Å². The number of benzene rings is 1. The van der Waals surface area contributed by atoms with E-state index in [0.717, 1.165) is 4.31 Å². The molecule has 8 heteroatoms. The van der Waals surface area contributed by atoms with Crippen LogP contribution in [0, 0.1) is 17.2 Å². The van der Waals surface area contributed by atoms with E-state index in [2.05, 4.69) is 4.74 Å². The number of anilines is 1. The third-order valence-electron chi connectivity index (χ3n) is 2.95. The Bertz CT molecular complexity index is 679. The zero-order valence-electron chi connectivity index (χ0n) is 12.0. The van der Waals surface area contributed by atoms with Crippen molar-refractivity contribution in [1.29, 1.82) is 5.26 Å². The van der Waals surface area contributed by atoms with Gasteiger partial charge in [0.25, 0.3) is 0 Å². The van der Waals surface area contributed by atoms with Crippen LogP contribution in [0.1, 0.15) is 12.5 Å². The fourth-order valence-corrected chi connectivity index (χ4v) is 3.17. The first kappa shape index (κ1) is 16.9. The fraction of sp³-hybridized carbons (Fsp3) is 0.385. The topological polar surface area (TPSA) is 113 Å². The van der Waals surface area contributed by atoms with Crippen LogP contribution in [-0.4, -0.2) is 39.4 Å². The molecule has 0 radical (unpaired) electrons. The fourth-order valence-electron chi connectivity index (χ4n) is 1.79. The number of carbonyl (C=O) groups excluding carboxylic acids is 1. The zero-order chi connectivity index (χ0) is 16.2. The molecule has 7 nitrogen and oxygen atoms in total. The number of sulfonamides is 1. The minimum absolute atomic E-state index is 0.0347. The van der Waals surface area contributed by atoms with Crippen LogP contribution in [0.5, 0.6) is 0 Å². The van der Waals surface area contributed by atoms with Crippen molar-refractivity contribution in [2.45, 2.75) is 11.8 Å². The Hall–Kier alpha value is -2.11. The van der Waals surface area contributed by atoms with Crippen molar-refractivity contribution < 1.29 is 17.9 Å². The third kappa shape index (κ3) is 3.71. The SMILES string of the molecule is COC(=O)C(C)CN(C)S(=O)(=O)c1ccc(N)cc1C#N. The Morgan fingerprint density at radius 3 is 2.67 bits per heavy atom. The number of methoxy groups -OCH3 is 1. The number of carbonyl (C=O) groups is 1. The molecule has 114 valence electrons. The van der Waals surface area contributed by atoms with Crippen LogP contribution in [0.4, 0.5) is 5.69 Å². The van der Waals surface area contributed by atoms with Gasteiger partial charge in [-0.05, 0) is 18.2 Å². The third-order valence-corrected chi connectivity index (χ3v) is 4.83. The molecule has 0 spiro atoms. The number of esters is 1. The molecule has 0 heterocycles. The van der Waals surface area contributed by atoms with Gasteiger partial charge in [0.05, 0.1) is 18.6 Å². The molecule has 0 amide bonds. The summed E-state index contributed by atoms with van der Waals surface area (Å²) in [6.07, 6.45) is 0. The second kappa shape index (κ2) is 6.56. The summed E-state index contributed by atoms with van der Waals surface area (Å²) in [6, 6.07) is 5.79. The Morgan fingerprint density at radius 2 is 2.14 bits per heavy atom. The highest BCUT2D eigenvalue weighted by Gasteiger charge is 2.27. The Labute approximate surface area is 124 Å². The maximum Gasteiger partial charge on any atom is 0.309 e. The molecule has 0 aliphatic heterocycles. The van der Waals surface area contributed by atoms with Gasteiger partial charge in [0, 0.05) is 19.3 Å². The van der Waals surface area contributed by atoms with E-state index in [1.807, 2.05) is 6.07 Å². The second-order valence-electron chi connectivity index (χ2n) is 4.58.